The maximum atomic E-state index is 12.6. The number of nitrogens with zero attached hydrogens (tertiary/aromatic N) is 3. The molecule has 1 aliphatic heterocycles. The van der Waals surface area contributed by atoms with Gasteiger partial charge in [-0.05, 0) is 50.7 Å². The van der Waals surface area contributed by atoms with Crippen molar-refractivity contribution in [2.45, 2.75) is 58.9 Å². The number of carbonyl (C=O) groups excluding carboxylic acids is 1. The zero-order valence-electron chi connectivity index (χ0n) is 13.9. The molecular weight excluding hydrogens is 296 g/mol. The lowest BCUT2D eigenvalue weighted by Crippen LogP contribution is -2.41. The summed E-state index contributed by atoms with van der Waals surface area (Å²) in [5.74, 6) is 1.85. The maximum absolute atomic E-state index is 12.6. The third kappa shape index (κ3) is 2.73. The van der Waals surface area contributed by atoms with Crippen molar-refractivity contribution in [2.75, 3.05) is 13.1 Å². The highest BCUT2D eigenvalue weighted by Gasteiger charge is 2.52. The number of piperidine rings is 1. The van der Waals surface area contributed by atoms with Gasteiger partial charge in [-0.3, -0.25) is 9.89 Å². The van der Waals surface area contributed by atoms with Gasteiger partial charge >= 0.3 is 0 Å². The van der Waals surface area contributed by atoms with Gasteiger partial charge in [0.05, 0.1) is 0 Å². The molecule has 1 aromatic heterocycles. The molecule has 0 radical (unpaired) electrons. The molecule has 1 aliphatic carbocycles. The number of aromatic amines is 1. The molecule has 1 saturated heterocycles. The zero-order chi connectivity index (χ0) is 16.1. The number of hydrogen-bond donors (Lipinski definition) is 1. The van der Waals surface area contributed by atoms with E-state index in [9.17, 15) is 4.79 Å². The van der Waals surface area contributed by atoms with Gasteiger partial charge in [0.2, 0.25) is 5.91 Å². The van der Waals surface area contributed by atoms with Crippen LogP contribution in [0.5, 0.6) is 0 Å². The molecule has 2 heterocycles. The van der Waals surface area contributed by atoms with Crippen molar-refractivity contribution in [3.8, 4) is 0 Å². The van der Waals surface area contributed by atoms with Crippen molar-refractivity contribution >= 4 is 18.1 Å². The van der Waals surface area contributed by atoms with Gasteiger partial charge in [-0.25, -0.2) is 0 Å². The first kappa shape index (κ1) is 15.7. The summed E-state index contributed by atoms with van der Waals surface area (Å²) >= 11 is 5.35. The molecule has 0 aromatic carbocycles. The van der Waals surface area contributed by atoms with Crippen LogP contribution in [0.1, 0.15) is 64.7 Å². The van der Waals surface area contributed by atoms with E-state index in [-0.39, 0.29) is 23.3 Å². The lowest BCUT2D eigenvalue weighted by atomic mass is 9.96. The van der Waals surface area contributed by atoms with Crippen LogP contribution in [0, 0.1) is 16.1 Å². The third-order valence-corrected chi connectivity index (χ3v) is 5.45. The van der Waals surface area contributed by atoms with Gasteiger partial charge in [0.25, 0.3) is 0 Å². The number of aromatic nitrogens is 3. The fraction of sp³-hybridized carbons (Fsp3) is 0.812. The minimum Gasteiger partial charge on any atom is -0.342 e. The molecule has 1 unspecified atom stereocenters. The maximum Gasteiger partial charge on any atom is 0.226 e. The molecule has 0 spiro atoms. The Hall–Kier alpha value is -1.17. The fourth-order valence-electron chi connectivity index (χ4n) is 3.60. The lowest BCUT2D eigenvalue weighted by Gasteiger charge is -2.33. The first-order valence-electron chi connectivity index (χ1n) is 8.27. The van der Waals surface area contributed by atoms with E-state index in [4.69, 9.17) is 12.2 Å². The summed E-state index contributed by atoms with van der Waals surface area (Å²) < 4.78 is 2.77. The van der Waals surface area contributed by atoms with Crippen molar-refractivity contribution < 1.29 is 4.79 Å². The molecule has 2 aliphatic rings. The van der Waals surface area contributed by atoms with Crippen LogP contribution in [0.25, 0.3) is 0 Å². The van der Waals surface area contributed by atoms with Gasteiger partial charge in [0, 0.05) is 31.0 Å². The Balaban J connectivity index is 1.77. The third-order valence-electron chi connectivity index (χ3n) is 5.16. The normalized spacial score (nSPS) is 27.2. The minimum absolute atomic E-state index is 0.196. The number of H-pyrrole nitrogens is 1. The standard InChI is InChI=1S/C16H26N4OS/c1-10(2)20-13(17-18-15(20)22)11-6-5-7-19(9-11)14(21)12-8-16(12,3)4/h10-12H,5-9H2,1-4H3,(H,18,22)/t11?,12-/m1/s1. The van der Waals surface area contributed by atoms with Crippen LogP contribution in [0.4, 0.5) is 0 Å². The van der Waals surface area contributed by atoms with Crippen molar-refractivity contribution in [2.24, 2.45) is 11.3 Å². The summed E-state index contributed by atoms with van der Waals surface area (Å²) in [4.78, 5) is 14.7. The van der Waals surface area contributed by atoms with E-state index in [0.717, 1.165) is 38.2 Å². The number of rotatable bonds is 3. The summed E-state index contributed by atoms with van der Waals surface area (Å²) in [7, 11) is 0. The number of amides is 1. The largest absolute Gasteiger partial charge is 0.342 e. The summed E-state index contributed by atoms with van der Waals surface area (Å²) in [6.45, 7) is 10.3. The Kier molecular flexibility index (Phi) is 3.91. The highest BCUT2D eigenvalue weighted by atomic mass is 32.1. The molecule has 2 atom stereocenters. The van der Waals surface area contributed by atoms with Gasteiger partial charge in [-0.2, -0.15) is 5.10 Å². The predicted octanol–water partition coefficient (Wildman–Crippen LogP) is 3.27. The molecular formula is C16H26N4OS. The van der Waals surface area contributed by atoms with Crippen molar-refractivity contribution in [3.63, 3.8) is 0 Å². The van der Waals surface area contributed by atoms with E-state index in [1.54, 1.807) is 0 Å². The molecule has 3 rings (SSSR count). The van der Waals surface area contributed by atoms with Gasteiger partial charge < -0.3 is 9.47 Å². The summed E-state index contributed by atoms with van der Waals surface area (Å²) in [6.07, 6.45) is 3.14. The monoisotopic (exact) mass is 322 g/mol. The molecule has 1 saturated carbocycles. The van der Waals surface area contributed by atoms with Crippen LogP contribution < -0.4 is 0 Å². The molecule has 22 heavy (non-hydrogen) atoms. The number of nitrogens with one attached hydrogen (secondary N) is 1. The van der Waals surface area contributed by atoms with E-state index in [1.807, 2.05) is 0 Å². The summed E-state index contributed by atoms with van der Waals surface area (Å²) in [5, 5.41) is 7.37. The smallest absolute Gasteiger partial charge is 0.226 e. The fourth-order valence-corrected chi connectivity index (χ4v) is 3.95. The van der Waals surface area contributed by atoms with E-state index in [2.05, 4.69) is 47.4 Å². The number of hydrogen-bond acceptors (Lipinski definition) is 3. The molecule has 2 fully saturated rings. The van der Waals surface area contributed by atoms with Crippen molar-refractivity contribution in [1.82, 2.24) is 19.7 Å². The van der Waals surface area contributed by atoms with E-state index in [1.165, 1.54) is 0 Å². The first-order valence-corrected chi connectivity index (χ1v) is 8.67. The van der Waals surface area contributed by atoms with Crippen LogP contribution >= 0.6 is 12.2 Å². The highest BCUT2D eigenvalue weighted by Crippen LogP contribution is 2.52. The minimum atomic E-state index is 0.196. The first-order chi connectivity index (χ1) is 10.3. The molecule has 6 heteroatoms. The van der Waals surface area contributed by atoms with Crippen LogP contribution in [0.2, 0.25) is 0 Å². The van der Waals surface area contributed by atoms with Crippen LogP contribution in [-0.4, -0.2) is 38.7 Å². The Morgan fingerprint density at radius 3 is 2.73 bits per heavy atom. The SMILES string of the molecule is CC(C)n1c(C2CCCN(C(=O)[C@H]3CC3(C)C)C2)n[nH]c1=S. The molecule has 1 amide bonds. The van der Waals surface area contributed by atoms with Gasteiger partial charge in [-0.15, -0.1) is 0 Å². The van der Waals surface area contributed by atoms with Gasteiger partial charge in [0.15, 0.2) is 4.77 Å². The topological polar surface area (TPSA) is 53.9 Å². The summed E-state index contributed by atoms with van der Waals surface area (Å²) in [6, 6.07) is 0.287. The molecule has 0 bridgehead atoms. The molecule has 1 N–H and O–H groups in total. The van der Waals surface area contributed by atoms with Crippen molar-refractivity contribution in [1.29, 1.82) is 0 Å². The second kappa shape index (κ2) is 5.48. The molecule has 5 nitrogen and oxygen atoms in total. The second-order valence-electron chi connectivity index (χ2n) is 7.72. The predicted molar refractivity (Wildman–Crippen MR) is 88.2 cm³/mol. The van der Waals surface area contributed by atoms with E-state index in [0.29, 0.717) is 10.7 Å². The Labute approximate surface area is 137 Å². The highest BCUT2D eigenvalue weighted by molar-refractivity contribution is 7.71. The Morgan fingerprint density at radius 1 is 1.45 bits per heavy atom. The van der Waals surface area contributed by atoms with E-state index >= 15 is 0 Å². The number of likely N-dealkylation sites (tertiary alicyclic amines) is 1. The molecule has 1 aromatic rings. The lowest BCUT2D eigenvalue weighted by molar-refractivity contribution is -0.134. The van der Waals surface area contributed by atoms with Crippen LogP contribution in [0.15, 0.2) is 0 Å². The van der Waals surface area contributed by atoms with Gasteiger partial charge in [0.1, 0.15) is 5.82 Å². The molecule has 122 valence electrons. The van der Waals surface area contributed by atoms with Crippen molar-refractivity contribution in [3.05, 3.63) is 10.6 Å². The average Bonchev–Trinajstić information content (AvgIpc) is 2.92. The van der Waals surface area contributed by atoms with Crippen LogP contribution in [-0.2, 0) is 4.79 Å². The second-order valence-corrected chi connectivity index (χ2v) is 8.11. The van der Waals surface area contributed by atoms with E-state index < -0.39 is 0 Å². The van der Waals surface area contributed by atoms with Crippen LogP contribution in [0.3, 0.4) is 0 Å². The number of carbonyl (C=O) groups is 1. The quantitative estimate of drug-likeness (QED) is 0.869. The zero-order valence-corrected chi connectivity index (χ0v) is 14.7. The van der Waals surface area contributed by atoms with Gasteiger partial charge in [-0.1, -0.05) is 13.8 Å². The average molecular weight is 322 g/mol. The summed E-state index contributed by atoms with van der Waals surface area (Å²) in [5.41, 5.74) is 0.196. The Morgan fingerprint density at radius 2 is 2.14 bits per heavy atom. The Bertz CT molecular complexity index is 630.